The quantitative estimate of drug-likeness (QED) is 0.832. The Balaban J connectivity index is 2.47. The number of nitrogens with zero attached hydrogens (tertiary/aromatic N) is 2. The fraction of sp³-hybridized carbons (Fsp3) is 0.0909. The van der Waals surface area contributed by atoms with E-state index >= 15 is 0 Å². The summed E-state index contributed by atoms with van der Waals surface area (Å²) in [6.45, 7) is 0. The lowest BCUT2D eigenvalue weighted by molar-refractivity contribution is -0.141. The zero-order chi connectivity index (χ0) is 12.5. The van der Waals surface area contributed by atoms with Crippen LogP contribution in [0.15, 0.2) is 36.5 Å². The molecule has 6 heteroatoms. The lowest BCUT2D eigenvalue weighted by Gasteiger charge is -2.07. The maximum atomic E-state index is 12.5. The first kappa shape index (κ1) is 11.4. The molecule has 17 heavy (non-hydrogen) atoms. The van der Waals surface area contributed by atoms with Gasteiger partial charge < -0.3 is 5.73 Å². The van der Waals surface area contributed by atoms with E-state index in [0.29, 0.717) is 11.3 Å². The zero-order valence-corrected chi connectivity index (χ0v) is 8.57. The summed E-state index contributed by atoms with van der Waals surface area (Å²) in [6.07, 6.45) is -3.36. The summed E-state index contributed by atoms with van der Waals surface area (Å²) in [7, 11) is 0. The van der Waals surface area contributed by atoms with E-state index in [4.69, 9.17) is 5.73 Å². The number of anilines is 1. The van der Waals surface area contributed by atoms with Crippen LogP contribution in [-0.2, 0) is 6.18 Å². The smallest absolute Gasteiger partial charge is 0.384 e. The van der Waals surface area contributed by atoms with Crippen LogP contribution in [-0.4, -0.2) is 9.97 Å². The molecule has 0 amide bonds. The van der Waals surface area contributed by atoms with Gasteiger partial charge in [-0.25, -0.2) is 4.98 Å². The molecule has 0 spiro atoms. The summed E-state index contributed by atoms with van der Waals surface area (Å²) in [5.41, 5.74) is 5.25. The highest BCUT2D eigenvalue weighted by Gasteiger charge is 2.32. The van der Waals surface area contributed by atoms with Gasteiger partial charge in [0.25, 0.3) is 0 Å². The lowest BCUT2D eigenvalue weighted by Crippen LogP contribution is -2.07. The van der Waals surface area contributed by atoms with Crippen LogP contribution in [0.3, 0.4) is 0 Å². The van der Waals surface area contributed by atoms with E-state index < -0.39 is 11.9 Å². The molecule has 0 aliphatic heterocycles. The summed E-state index contributed by atoms with van der Waals surface area (Å²) in [4.78, 5) is 7.22. The van der Waals surface area contributed by atoms with Crippen LogP contribution in [0.25, 0.3) is 11.3 Å². The maximum absolute atomic E-state index is 12.5. The molecule has 0 radical (unpaired) electrons. The first-order valence-corrected chi connectivity index (χ1v) is 4.73. The number of halogens is 3. The molecule has 0 aromatic carbocycles. The zero-order valence-electron chi connectivity index (χ0n) is 8.57. The van der Waals surface area contributed by atoms with Crippen molar-refractivity contribution in [3.05, 3.63) is 42.2 Å². The van der Waals surface area contributed by atoms with Gasteiger partial charge >= 0.3 is 6.18 Å². The Morgan fingerprint density at radius 1 is 1.12 bits per heavy atom. The molecule has 2 rings (SSSR count). The molecular weight excluding hydrogens is 231 g/mol. The number of nitrogen functional groups attached to an aromatic ring is 1. The average molecular weight is 239 g/mol. The molecule has 2 heterocycles. The van der Waals surface area contributed by atoms with E-state index in [9.17, 15) is 13.2 Å². The third-order valence-corrected chi connectivity index (χ3v) is 2.12. The summed E-state index contributed by atoms with van der Waals surface area (Å²) in [5.74, 6) is 0.257. The Morgan fingerprint density at radius 3 is 2.53 bits per heavy atom. The Bertz CT molecular complexity index is 537. The molecule has 2 aromatic rings. The van der Waals surface area contributed by atoms with Crippen LogP contribution in [0.1, 0.15) is 5.69 Å². The number of nitrogens with two attached hydrogens (primary N) is 1. The van der Waals surface area contributed by atoms with E-state index in [1.807, 2.05) is 0 Å². The standard InChI is InChI=1S/C11H8F3N3/c12-11(13,14)9-6-7(4-5-16-9)8-2-1-3-10(15)17-8/h1-6H,(H2,15,17). The van der Waals surface area contributed by atoms with Gasteiger partial charge in [-0.1, -0.05) is 6.07 Å². The van der Waals surface area contributed by atoms with Gasteiger partial charge in [0.2, 0.25) is 0 Å². The minimum absolute atomic E-state index is 0.257. The minimum Gasteiger partial charge on any atom is -0.384 e. The van der Waals surface area contributed by atoms with Gasteiger partial charge in [-0.05, 0) is 24.3 Å². The van der Waals surface area contributed by atoms with Gasteiger partial charge in [0, 0.05) is 11.8 Å². The fourth-order valence-electron chi connectivity index (χ4n) is 1.36. The van der Waals surface area contributed by atoms with E-state index in [1.54, 1.807) is 18.2 Å². The van der Waals surface area contributed by atoms with Crippen molar-refractivity contribution in [1.82, 2.24) is 9.97 Å². The Kier molecular flexibility index (Phi) is 2.71. The van der Waals surface area contributed by atoms with Crippen molar-refractivity contribution >= 4 is 5.82 Å². The Labute approximate surface area is 95.1 Å². The third kappa shape index (κ3) is 2.52. The molecular formula is C11H8F3N3. The Hall–Kier alpha value is -2.11. The molecule has 0 aliphatic rings. The topological polar surface area (TPSA) is 51.8 Å². The van der Waals surface area contributed by atoms with Crippen LogP contribution in [0.2, 0.25) is 0 Å². The van der Waals surface area contributed by atoms with Crippen LogP contribution in [0.5, 0.6) is 0 Å². The molecule has 0 atom stereocenters. The van der Waals surface area contributed by atoms with Crippen LogP contribution < -0.4 is 5.73 Å². The minimum atomic E-state index is -4.46. The second kappa shape index (κ2) is 4.04. The SMILES string of the molecule is Nc1cccc(-c2ccnc(C(F)(F)F)c2)n1. The average Bonchev–Trinajstić information content (AvgIpc) is 2.28. The predicted molar refractivity (Wildman–Crippen MR) is 56.9 cm³/mol. The predicted octanol–water partition coefficient (Wildman–Crippen LogP) is 2.74. The maximum Gasteiger partial charge on any atom is 0.433 e. The number of hydrogen-bond acceptors (Lipinski definition) is 3. The summed E-state index contributed by atoms with van der Waals surface area (Å²) in [6, 6.07) is 7.19. The number of hydrogen-bond donors (Lipinski definition) is 1. The van der Waals surface area contributed by atoms with E-state index in [2.05, 4.69) is 9.97 Å². The highest BCUT2D eigenvalue weighted by molar-refractivity contribution is 5.60. The number of rotatable bonds is 1. The molecule has 0 unspecified atom stereocenters. The first-order valence-electron chi connectivity index (χ1n) is 4.73. The monoisotopic (exact) mass is 239 g/mol. The highest BCUT2D eigenvalue weighted by atomic mass is 19.4. The largest absolute Gasteiger partial charge is 0.433 e. The van der Waals surface area contributed by atoms with Crippen molar-refractivity contribution in [2.24, 2.45) is 0 Å². The first-order chi connectivity index (χ1) is 7.97. The van der Waals surface area contributed by atoms with E-state index in [0.717, 1.165) is 12.3 Å². The molecule has 0 bridgehead atoms. The van der Waals surface area contributed by atoms with Crippen molar-refractivity contribution < 1.29 is 13.2 Å². The molecule has 0 fully saturated rings. The summed E-state index contributed by atoms with van der Waals surface area (Å²) < 4.78 is 37.4. The molecule has 0 saturated carbocycles. The second-order valence-electron chi connectivity index (χ2n) is 3.38. The molecule has 0 aliphatic carbocycles. The van der Waals surface area contributed by atoms with Crippen molar-refractivity contribution in [2.75, 3.05) is 5.73 Å². The third-order valence-electron chi connectivity index (χ3n) is 2.12. The van der Waals surface area contributed by atoms with Crippen molar-refractivity contribution in [2.45, 2.75) is 6.18 Å². The van der Waals surface area contributed by atoms with Gasteiger partial charge in [0.15, 0.2) is 0 Å². The molecule has 2 N–H and O–H groups in total. The van der Waals surface area contributed by atoms with Gasteiger partial charge in [-0.2, -0.15) is 13.2 Å². The normalized spacial score (nSPS) is 11.5. The molecule has 3 nitrogen and oxygen atoms in total. The molecule has 88 valence electrons. The van der Waals surface area contributed by atoms with Crippen molar-refractivity contribution in [3.8, 4) is 11.3 Å². The van der Waals surface area contributed by atoms with Crippen LogP contribution in [0.4, 0.5) is 19.0 Å². The van der Waals surface area contributed by atoms with Gasteiger partial charge in [-0.15, -0.1) is 0 Å². The van der Waals surface area contributed by atoms with E-state index in [-0.39, 0.29) is 5.82 Å². The van der Waals surface area contributed by atoms with Crippen LogP contribution >= 0.6 is 0 Å². The van der Waals surface area contributed by atoms with Gasteiger partial charge in [0.1, 0.15) is 11.5 Å². The lowest BCUT2D eigenvalue weighted by atomic mass is 10.1. The van der Waals surface area contributed by atoms with Crippen LogP contribution in [0, 0.1) is 0 Å². The van der Waals surface area contributed by atoms with Gasteiger partial charge in [-0.3, -0.25) is 4.98 Å². The number of alkyl halides is 3. The fourth-order valence-corrected chi connectivity index (χ4v) is 1.36. The summed E-state index contributed by atoms with van der Waals surface area (Å²) in [5, 5.41) is 0. The van der Waals surface area contributed by atoms with Gasteiger partial charge in [0.05, 0.1) is 5.69 Å². The molecule has 2 aromatic heterocycles. The number of aromatic nitrogens is 2. The van der Waals surface area contributed by atoms with Crippen molar-refractivity contribution in [3.63, 3.8) is 0 Å². The summed E-state index contributed by atoms with van der Waals surface area (Å²) >= 11 is 0. The highest BCUT2D eigenvalue weighted by Crippen LogP contribution is 2.29. The number of pyridine rings is 2. The molecule has 0 saturated heterocycles. The van der Waals surface area contributed by atoms with Crippen molar-refractivity contribution in [1.29, 1.82) is 0 Å². The second-order valence-corrected chi connectivity index (χ2v) is 3.38. The van der Waals surface area contributed by atoms with E-state index in [1.165, 1.54) is 6.07 Å². The Morgan fingerprint density at radius 2 is 1.88 bits per heavy atom.